The number of unbranched alkanes of at least 4 members (excludes halogenated alkanes) is 1. The van der Waals surface area contributed by atoms with E-state index in [-0.39, 0.29) is 5.92 Å². The molecule has 2 unspecified atom stereocenters. The van der Waals surface area contributed by atoms with E-state index in [2.05, 4.69) is 43.9 Å². The summed E-state index contributed by atoms with van der Waals surface area (Å²) in [6, 6.07) is 7.03. The van der Waals surface area contributed by atoms with E-state index in [4.69, 9.17) is 0 Å². The number of nitrogens with zero attached hydrogens (tertiary/aromatic N) is 1. The van der Waals surface area contributed by atoms with E-state index in [0.717, 1.165) is 25.8 Å². The van der Waals surface area contributed by atoms with E-state index in [1.807, 2.05) is 0 Å². The molecule has 0 amide bonds. The van der Waals surface area contributed by atoms with Crippen LogP contribution in [0.1, 0.15) is 61.8 Å². The van der Waals surface area contributed by atoms with Gasteiger partial charge in [0.25, 0.3) is 0 Å². The number of aryl methyl sites for hydroxylation is 2. The van der Waals surface area contributed by atoms with Gasteiger partial charge >= 0.3 is 5.97 Å². The summed E-state index contributed by atoms with van der Waals surface area (Å²) in [5.41, 5.74) is 4.00. The van der Waals surface area contributed by atoms with Crippen LogP contribution in [0.3, 0.4) is 0 Å². The van der Waals surface area contributed by atoms with Crippen LogP contribution in [0, 0.1) is 19.8 Å². The molecule has 1 aromatic carbocycles. The van der Waals surface area contributed by atoms with Gasteiger partial charge in [0.2, 0.25) is 0 Å². The zero-order valence-corrected chi connectivity index (χ0v) is 14.1. The quantitative estimate of drug-likeness (QED) is 0.850. The molecule has 1 fully saturated rings. The minimum atomic E-state index is -0.639. The van der Waals surface area contributed by atoms with Crippen LogP contribution in [-0.2, 0) is 4.79 Å². The summed E-state index contributed by atoms with van der Waals surface area (Å²) in [7, 11) is 0. The van der Waals surface area contributed by atoms with Crippen LogP contribution >= 0.6 is 0 Å². The highest BCUT2D eigenvalue weighted by atomic mass is 16.4. The summed E-state index contributed by atoms with van der Waals surface area (Å²) in [4.78, 5) is 13.8. The molecule has 0 saturated carbocycles. The van der Waals surface area contributed by atoms with Crippen LogP contribution in [0.5, 0.6) is 0 Å². The van der Waals surface area contributed by atoms with Crippen LogP contribution in [0.2, 0.25) is 0 Å². The van der Waals surface area contributed by atoms with Gasteiger partial charge in [-0.15, -0.1) is 0 Å². The summed E-state index contributed by atoms with van der Waals surface area (Å²) in [6.07, 6.45) is 5.29. The smallest absolute Gasteiger partial charge is 0.307 e. The molecule has 0 spiro atoms. The number of benzene rings is 1. The van der Waals surface area contributed by atoms with Crippen LogP contribution in [0.25, 0.3) is 0 Å². The van der Waals surface area contributed by atoms with E-state index in [1.165, 1.54) is 29.5 Å². The van der Waals surface area contributed by atoms with E-state index >= 15 is 0 Å². The van der Waals surface area contributed by atoms with Crippen molar-refractivity contribution in [2.24, 2.45) is 5.92 Å². The number of aliphatic carboxylic acids is 1. The first-order valence-corrected chi connectivity index (χ1v) is 8.57. The predicted octanol–water partition coefficient (Wildman–Crippen LogP) is 4.33. The van der Waals surface area contributed by atoms with Crippen LogP contribution < -0.4 is 0 Å². The van der Waals surface area contributed by atoms with Gasteiger partial charge in [-0.2, -0.15) is 0 Å². The maximum absolute atomic E-state index is 11.4. The first-order chi connectivity index (χ1) is 10.5. The normalized spacial score (nSPS) is 20.8. The lowest BCUT2D eigenvalue weighted by molar-refractivity contribution is -0.144. The van der Waals surface area contributed by atoms with Gasteiger partial charge in [-0.1, -0.05) is 43.5 Å². The summed E-state index contributed by atoms with van der Waals surface area (Å²) < 4.78 is 0. The molecule has 3 heteroatoms. The molecule has 1 heterocycles. The Morgan fingerprint density at radius 1 is 1.41 bits per heavy atom. The van der Waals surface area contributed by atoms with Crippen molar-refractivity contribution in [1.29, 1.82) is 0 Å². The third-order valence-electron chi connectivity index (χ3n) is 4.86. The molecule has 3 nitrogen and oxygen atoms in total. The molecule has 0 aromatic heterocycles. The maximum Gasteiger partial charge on any atom is 0.307 e. The SMILES string of the molecule is CCCCC(c1ccc(C)cc1C)N1CCCC(C(=O)O)C1. The third-order valence-corrected chi connectivity index (χ3v) is 4.86. The highest BCUT2D eigenvalue weighted by Crippen LogP contribution is 2.33. The second-order valence-corrected chi connectivity index (χ2v) is 6.69. The van der Waals surface area contributed by atoms with Gasteiger partial charge in [-0.3, -0.25) is 9.69 Å². The Hall–Kier alpha value is -1.35. The molecule has 0 bridgehead atoms. The number of likely N-dealkylation sites (tertiary alicyclic amines) is 1. The van der Waals surface area contributed by atoms with Crippen molar-refractivity contribution in [3.8, 4) is 0 Å². The van der Waals surface area contributed by atoms with Crippen LogP contribution in [0.15, 0.2) is 18.2 Å². The van der Waals surface area contributed by atoms with E-state index in [1.54, 1.807) is 0 Å². The Morgan fingerprint density at radius 2 is 2.18 bits per heavy atom. The number of hydrogen-bond acceptors (Lipinski definition) is 2. The highest BCUT2D eigenvalue weighted by Gasteiger charge is 2.30. The van der Waals surface area contributed by atoms with E-state index in [9.17, 15) is 9.90 Å². The third kappa shape index (κ3) is 4.10. The largest absolute Gasteiger partial charge is 0.481 e. The number of carboxylic acid groups (broad SMARTS) is 1. The molecule has 1 N–H and O–H groups in total. The zero-order chi connectivity index (χ0) is 16.1. The van der Waals surface area contributed by atoms with Gasteiger partial charge in [0.1, 0.15) is 0 Å². The zero-order valence-electron chi connectivity index (χ0n) is 14.1. The molecule has 122 valence electrons. The Kier molecular flexibility index (Phi) is 6.01. The van der Waals surface area contributed by atoms with Crippen LogP contribution in [0.4, 0.5) is 0 Å². The Labute approximate surface area is 134 Å². The monoisotopic (exact) mass is 303 g/mol. The number of carbonyl (C=O) groups is 1. The van der Waals surface area contributed by atoms with Crippen molar-refractivity contribution in [3.05, 3.63) is 34.9 Å². The first kappa shape index (κ1) is 17.0. The van der Waals surface area contributed by atoms with Gasteiger partial charge in [-0.05, 0) is 50.8 Å². The molecule has 1 aliphatic heterocycles. The summed E-state index contributed by atoms with van der Waals surface area (Å²) in [6.45, 7) is 8.23. The van der Waals surface area contributed by atoms with Crippen molar-refractivity contribution in [2.45, 2.75) is 58.9 Å². The molecule has 0 radical (unpaired) electrons. The molecule has 22 heavy (non-hydrogen) atoms. The lowest BCUT2D eigenvalue weighted by Crippen LogP contribution is -2.41. The van der Waals surface area contributed by atoms with Gasteiger partial charge < -0.3 is 5.11 Å². The highest BCUT2D eigenvalue weighted by molar-refractivity contribution is 5.70. The average molecular weight is 303 g/mol. The number of carboxylic acids is 1. The topological polar surface area (TPSA) is 40.5 Å². The fourth-order valence-electron chi connectivity index (χ4n) is 3.62. The minimum Gasteiger partial charge on any atom is -0.481 e. The predicted molar refractivity (Wildman–Crippen MR) is 90.1 cm³/mol. The lowest BCUT2D eigenvalue weighted by atomic mass is 9.90. The van der Waals surface area contributed by atoms with Gasteiger partial charge in [0.15, 0.2) is 0 Å². The minimum absolute atomic E-state index is 0.205. The fraction of sp³-hybridized carbons (Fsp3) is 0.632. The molecule has 1 saturated heterocycles. The maximum atomic E-state index is 11.4. The van der Waals surface area contributed by atoms with E-state index in [0.29, 0.717) is 12.6 Å². The van der Waals surface area contributed by atoms with Gasteiger partial charge in [0.05, 0.1) is 5.92 Å². The summed E-state index contributed by atoms with van der Waals surface area (Å²) in [5, 5.41) is 9.35. The Morgan fingerprint density at radius 3 is 2.82 bits per heavy atom. The molecule has 2 atom stereocenters. The number of hydrogen-bond donors (Lipinski definition) is 1. The fourth-order valence-corrected chi connectivity index (χ4v) is 3.62. The first-order valence-electron chi connectivity index (χ1n) is 8.57. The molecular weight excluding hydrogens is 274 g/mol. The summed E-state index contributed by atoms with van der Waals surface area (Å²) >= 11 is 0. The number of rotatable bonds is 6. The molecule has 2 rings (SSSR count). The number of piperidine rings is 1. The van der Waals surface area contributed by atoms with Gasteiger partial charge in [0, 0.05) is 12.6 Å². The van der Waals surface area contributed by atoms with Crippen LogP contribution in [-0.4, -0.2) is 29.1 Å². The van der Waals surface area contributed by atoms with Gasteiger partial charge in [-0.25, -0.2) is 0 Å². The standard InChI is InChI=1S/C19H29NO2/c1-4-5-8-18(17-10-9-14(2)12-15(17)3)20-11-6-7-16(13-20)19(21)22/h9-10,12,16,18H,4-8,11,13H2,1-3H3,(H,21,22). The Balaban J connectivity index is 2.23. The van der Waals surface area contributed by atoms with Crippen molar-refractivity contribution in [2.75, 3.05) is 13.1 Å². The molecular formula is C19H29NO2. The lowest BCUT2D eigenvalue weighted by Gasteiger charge is -2.38. The van der Waals surface area contributed by atoms with Crippen molar-refractivity contribution >= 4 is 5.97 Å². The van der Waals surface area contributed by atoms with Crippen molar-refractivity contribution in [1.82, 2.24) is 4.90 Å². The average Bonchev–Trinajstić information content (AvgIpc) is 2.49. The molecule has 1 aromatic rings. The Bertz CT molecular complexity index is 512. The molecule has 1 aliphatic rings. The summed E-state index contributed by atoms with van der Waals surface area (Å²) in [5.74, 6) is -0.844. The van der Waals surface area contributed by atoms with Crippen molar-refractivity contribution in [3.63, 3.8) is 0 Å². The second-order valence-electron chi connectivity index (χ2n) is 6.69. The van der Waals surface area contributed by atoms with Crippen molar-refractivity contribution < 1.29 is 9.90 Å². The van der Waals surface area contributed by atoms with E-state index < -0.39 is 5.97 Å². The molecule has 0 aliphatic carbocycles. The second kappa shape index (κ2) is 7.77.